The van der Waals surface area contributed by atoms with Crippen LogP contribution in [-0.2, 0) is 11.8 Å². The fourth-order valence-electron chi connectivity index (χ4n) is 3.46. The van der Waals surface area contributed by atoms with Crippen molar-refractivity contribution in [3.05, 3.63) is 40.2 Å². The number of nitrogens with zero attached hydrogens (tertiary/aromatic N) is 2. The highest BCUT2D eigenvalue weighted by Crippen LogP contribution is 2.28. The molecule has 0 bridgehead atoms. The average Bonchev–Trinajstić information content (AvgIpc) is 2.64. The Balaban J connectivity index is 1.82. The number of carbonyl (C=O) groups excluding carboxylic acids is 1. The Bertz CT molecular complexity index is 819. The Kier molecular flexibility index (Phi) is 5.15. The first-order valence-electron chi connectivity index (χ1n) is 8.50. The molecule has 0 spiro atoms. The van der Waals surface area contributed by atoms with Gasteiger partial charge in [0.1, 0.15) is 0 Å². The predicted octanol–water partition coefficient (Wildman–Crippen LogP) is 0.680. The molecule has 2 aromatic rings. The van der Waals surface area contributed by atoms with Gasteiger partial charge in [-0.15, -0.1) is 0 Å². The lowest BCUT2D eigenvalue weighted by atomic mass is 9.79. The van der Waals surface area contributed by atoms with Gasteiger partial charge in [0, 0.05) is 31.5 Å². The second-order valence-corrected chi connectivity index (χ2v) is 6.68. The maximum absolute atomic E-state index is 12.6. The van der Waals surface area contributed by atoms with E-state index in [0.717, 1.165) is 25.9 Å². The smallest absolute Gasteiger partial charge is 0.275 e. The minimum absolute atomic E-state index is 0.0669. The van der Waals surface area contributed by atoms with Crippen LogP contribution < -0.4 is 16.1 Å². The third-order valence-electron chi connectivity index (χ3n) is 4.92. The number of aryl methyl sites for hydroxylation is 1. The number of benzene rings is 1. The molecule has 0 unspecified atom stereocenters. The summed E-state index contributed by atoms with van der Waals surface area (Å²) in [6.07, 6.45) is 1.84. The summed E-state index contributed by atoms with van der Waals surface area (Å²) >= 11 is 0. The van der Waals surface area contributed by atoms with Crippen LogP contribution in [0.1, 0.15) is 23.3 Å². The first-order chi connectivity index (χ1) is 12.1. The Morgan fingerprint density at radius 3 is 2.80 bits per heavy atom. The maximum atomic E-state index is 12.6. The van der Waals surface area contributed by atoms with Gasteiger partial charge in [-0.1, -0.05) is 12.1 Å². The van der Waals surface area contributed by atoms with E-state index >= 15 is 0 Å². The molecule has 1 aliphatic heterocycles. The molecule has 2 N–H and O–H groups in total. The third-order valence-corrected chi connectivity index (χ3v) is 4.92. The summed E-state index contributed by atoms with van der Waals surface area (Å²) in [5.74, 6) is -0.430. The van der Waals surface area contributed by atoms with Crippen molar-refractivity contribution in [2.75, 3.05) is 33.4 Å². The number of rotatable bonds is 5. The summed E-state index contributed by atoms with van der Waals surface area (Å²) in [5.41, 5.74) is 0.204. The van der Waals surface area contributed by atoms with Crippen LogP contribution in [0.2, 0.25) is 0 Å². The lowest BCUT2D eigenvalue weighted by Crippen LogP contribution is -2.47. The number of hydrogen-bond acceptors (Lipinski definition) is 5. The molecule has 3 rings (SSSR count). The number of amides is 1. The number of fused-ring (bicyclic) bond motifs is 1. The zero-order valence-corrected chi connectivity index (χ0v) is 14.7. The van der Waals surface area contributed by atoms with Gasteiger partial charge in [-0.2, -0.15) is 5.10 Å². The van der Waals surface area contributed by atoms with E-state index in [1.54, 1.807) is 31.0 Å². The lowest BCUT2D eigenvalue weighted by Gasteiger charge is -2.37. The highest BCUT2D eigenvalue weighted by atomic mass is 16.5. The van der Waals surface area contributed by atoms with Gasteiger partial charge in [-0.25, -0.2) is 0 Å². The fraction of sp³-hybridized carbons (Fsp3) is 0.500. The van der Waals surface area contributed by atoms with Crippen molar-refractivity contribution in [3.8, 4) is 0 Å². The molecular formula is C18H24N4O3. The monoisotopic (exact) mass is 344 g/mol. The zero-order valence-electron chi connectivity index (χ0n) is 14.7. The second kappa shape index (κ2) is 7.33. The molecule has 1 saturated heterocycles. The van der Waals surface area contributed by atoms with E-state index in [1.165, 1.54) is 0 Å². The molecule has 1 aromatic carbocycles. The van der Waals surface area contributed by atoms with Gasteiger partial charge in [0.2, 0.25) is 5.43 Å². The Hall–Kier alpha value is -2.25. The average molecular weight is 344 g/mol. The number of methoxy groups -OCH3 is 1. The zero-order chi connectivity index (χ0) is 17.9. The Morgan fingerprint density at radius 2 is 2.08 bits per heavy atom. The summed E-state index contributed by atoms with van der Waals surface area (Å²) in [7, 11) is 3.41. The summed E-state index contributed by atoms with van der Waals surface area (Å²) < 4.78 is 6.93. The molecule has 134 valence electrons. The van der Waals surface area contributed by atoms with Crippen LogP contribution in [0.3, 0.4) is 0 Å². The van der Waals surface area contributed by atoms with Crippen LogP contribution in [0, 0.1) is 5.41 Å². The Labute approximate surface area is 146 Å². The summed E-state index contributed by atoms with van der Waals surface area (Å²) in [6.45, 7) is 2.85. The van der Waals surface area contributed by atoms with Gasteiger partial charge in [0.05, 0.1) is 12.1 Å². The molecule has 7 heteroatoms. The van der Waals surface area contributed by atoms with Crippen molar-refractivity contribution in [1.29, 1.82) is 0 Å². The summed E-state index contributed by atoms with van der Waals surface area (Å²) in [6, 6.07) is 7.16. The minimum Gasteiger partial charge on any atom is -0.384 e. The highest BCUT2D eigenvalue weighted by Gasteiger charge is 2.33. The van der Waals surface area contributed by atoms with Crippen molar-refractivity contribution in [2.24, 2.45) is 12.5 Å². The number of hydrogen-bond donors (Lipinski definition) is 2. The van der Waals surface area contributed by atoms with Crippen LogP contribution in [0.25, 0.3) is 10.9 Å². The first kappa shape index (κ1) is 17.6. The van der Waals surface area contributed by atoms with E-state index in [0.29, 0.717) is 24.1 Å². The molecule has 7 nitrogen and oxygen atoms in total. The van der Waals surface area contributed by atoms with Gasteiger partial charge in [0.25, 0.3) is 5.91 Å². The normalized spacial score (nSPS) is 16.7. The van der Waals surface area contributed by atoms with Crippen molar-refractivity contribution in [3.63, 3.8) is 0 Å². The maximum Gasteiger partial charge on any atom is 0.275 e. The van der Waals surface area contributed by atoms with Gasteiger partial charge < -0.3 is 15.4 Å². The van der Waals surface area contributed by atoms with E-state index in [4.69, 9.17) is 4.74 Å². The van der Waals surface area contributed by atoms with Crippen LogP contribution in [0.5, 0.6) is 0 Å². The molecule has 1 aromatic heterocycles. The highest BCUT2D eigenvalue weighted by molar-refractivity contribution is 5.95. The van der Waals surface area contributed by atoms with Crippen LogP contribution >= 0.6 is 0 Å². The molecule has 0 atom stereocenters. The molecule has 0 radical (unpaired) electrons. The predicted molar refractivity (Wildman–Crippen MR) is 95.7 cm³/mol. The summed E-state index contributed by atoms with van der Waals surface area (Å²) in [5, 5.41) is 10.9. The molecule has 1 aliphatic rings. The molecule has 0 saturated carbocycles. The molecule has 1 amide bonds. The van der Waals surface area contributed by atoms with Crippen LogP contribution in [-0.4, -0.2) is 49.0 Å². The minimum atomic E-state index is -0.430. The molecule has 1 fully saturated rings. The van der Waals surface area contributed by atoms with E-state index in [2.05, 4.69) is 15.7 Å². The summed E-state index contributed by atoms with van der Waals surface area (Å²) in [4.78, 5) is 25.2. The van der Waals surface area contributed by atoms with Crippen LogP contribution in [0.15, 0.2) is 29.1 Å². The number of carbonyl (C=O) groups is 1. The number of ether oxygens (including phenoxy) is 1. The van der Waals surface area contributed by atoms with Gasteiger partial charge in [-0.05, 0) is 38.1 Å². The van der Waals surface area contributed by atoms with Gasteiger partial charge in [0.15, 0.2) is 5.69 Å². The number of aromatic nitrogens is 2. The Morgan fingerprint density at radius 1 is 1.36 bits per heavy atom. The largest absolute Gasteiger partial charge is 0.384 e. The molecule has 0 aliphatic carbocycles. The van der Waals surface area contributed by atoms with Gasteiger partial charge >= 0.3 is 0 Å². The molecule has 2 heterocycles. The lowest BCUT2D eigenvalue weighted by molar-refractivity contribution is 0.0510. The van der Waals surface area contributed by atoms with E-state index in [1.807, 2.05) is 12.1 Å². The van der Waals surface area contributed by atoms with E-state index in [9.17, 15) is 9.59 Å². The number of para-hydroxylation sites is 1. The second-order valence-electron chi connectivity index (χ2n) is 6.68. The first-order valence-corrected chi connectivity index (χ1v) is 8.50. The van der Waals surface area contributed by atoms with Crippen molar-refractivity contribution in [1.82, 2.24) is 20.4 Å². The molecular weight excluding hydrogens is 320 g/mol. The van der Waals surface area contributed by atoms with Crippen molar-refractivity contribution in [2.45, 2.75) is 12.8 Å². The number of nitrogens with one attached hydrogen (secondary N) is 2. The van der Waals surface area contributed by atoms with E-state index < -0.39 is 5.91 Å². The quantitative estimate of drug-likeness (QED) is 0.833. The van der Waals surface area contributed by atoms with Crippen molar-refractivity contribution >= 4 is 16.8 Å². The standard InChI is InChI=1S/C18H24N4O3/c1-22-14-6-4-3-5-13(14)16(23)15(21-22)17(24)20-11-18(12-25-2)7-9-19-10-8-18/h3-6,19H,7-12H2,1-2H3,(H,20,24). The topological polar surface area (TPSA) is 85.2 Å². The third kappa shape index (κ3) is 3.57. The fourth-order valence-corrected chi connectivity index (χ4v) is 3.46. The molecule has 25 heavy (non-hydrogen) atoms. The number of piperidine rings is 1. The van der Waals surface area contributed by atoms with Crippen LogP contribution in [0.4, 0.5) is 0 Å². The SMILES string of the molecule is COCC1(CNC(=O)c2nn(C)c3ccccc3c2=O)CCNCC1. The van der Waals surface area contributed by atoms with E-state index in [-0.39, 0.29) is 16.5 Å². The van der Waals surface area contributed by atoms with Crippen molar-refractivity contribution < 1.29 is 9.53 Å². The van der Waals surface area contributed by atoms with Gasteiger partial charge in [-0.3, -0.25) is 14.3 Å².